The largest absolute Gasteiger partial charge is 0.396 e. The average Bonchev–Trinajstić information content (AvgIpc) is 2.97. The molecule has 0 aromatic heterocycles. The Bertz CT molecular complexity index is 329. The zero-order valence-electron chi connectivity index (χ0n) is 10.1. The Balaban J connectivity index is 1.99. The molecule has 4 heteroatoms. The summed E-state index contributed by atoms with van der Waals surface area (Å²) in [6.07, 6.45) is 6.26. The predicted octanol–water partition coefficient (Wildman–Crippen LogP) is 1.35. The van der Waals surface area contributed by atoms with Crippen molar-refractivity contribution in [2.75, 3.05) is 6.61 Å². The number of nitriles is 1. The molecule has 2 aliphatic rings. The molecule has 0 bridgehead atoms. The van der Waals surface area contributed by atoms with Crippen LogP contribution >= 0.6 is 0 Å². The number of carbonyl (C=O) groups excluding carboxylic acids is 1. The highest BCUT2D eigenvalue weighted by Gasteiger charge is 2.43. The summed E-state index contributed by atoms with van der Waals surface area (Å²) in [5.74, 6) is 0.0685. The molecular formula is C13H20N2O2. The molecule has 0 heterocycles. The molecule has 2 saturated carbocycles. The van der Waals surface area contributed by atoms with Crippen molar-refractivity contribution in [1.82, 2.24) is 5.32 Å². The lowest BCUT2D eigenvalue weighted by Gasteiger charge is -2.25. The van der Waals surface area contributed by atoms with Crippen molar-refractivity contribution in [3.63, 3.8) is 0 Å². The van der Waals surface area contributed by atoms with Gasteiger partial charge in [-0.2, -0.15) is 5.26 Å². The van der Waals surface area contributed by atoms with Crippen LogP contribution in [0.25, 0.3) is 0 Å². The first-order chi connectivity index (χ1) is 8.22. The molecule has 0 aliphatic heterocycles. The molecule has 0 aromatic rings. The molecule has 2 fully saturated rings. The Labute approximate surface area is 102 Å². The first kappa shape index (κ1) is 12.4. The van der Waals surface area contributed by atoms with Gasteiger partial charge in [0, 0.05) is 18.6 Å². The highest BCUT2D eigenvalue weighted by Crippen LogP contribution is 2.38. The van der Waals surface area contributed by atoms with Gasteiger partial charge < -0.3 is 10.4 Å². The van der Waals surface area contributed by atoms with Crippen molar-refractivity contribution >= 4 is 5.91 Å². The third kappa shape index (κ3) is 2.30. The minimum atomic E-state index is -0.789. The Morgan fingerprint density at radius 3 is 2.65 bits per heavy atom. The molecule has 2 unspecified atom stereocenters. The summed E-state index contributed by atoms with van der Waals surface area (Å²) >= 11 is 0. The van der Waals surface area contributed by atoms with E-state index in [4.69, 9.17) is 0 Å². The van der Waals surface area contributed by atoms with Crippen molar-refractivity contribution < 1.29 is 9.90 Å². The van der Waals surface area contributed by atoms with E-state index in [0.29, 0.717) is 12.8 Å². The molecule has 1 amide bonds. The van der Waals surface area contributed by atoms with Gasteiger partial charge in [0.05, 0.1) is 6.07 Å². The van der Waals surface area contributed by atoms with E-state index in [0.717, 1.165) is 32.1 Å². The van der Waals surface area contributed by atoms with Gasteiger partial charge in [-0.1, -0.05) is 19.3 Å². The molecule has 0 saturated heterocycles. The van der Waals surface area contributed by atoms with Gasteiger partial charge in [0.15, 0.2) is 0 Å². The Hall–Kier alpha value is -1.08. The van der Waals surface area contributed by atoms with Gasteiger partial charge >= 0.3 is 0 Å². The highest BCUT2D eigenvalue weighted by molar-refractivity contribution is 5.86. The molecule has 2 rings (SSSR count). The number of amides is 1. The van der Waals surface area contributed by atoms with E-state index in [1.165, 1.54) is 0 Å². The first-order valence-corrected chi connectivity index (χ1v) is 6.55. The standard InChI is InChI=1S/C13H20N2O2/c14-9-13(6-1-2-7-13)12(17)15-11-5-3-4-10(11)8-16/h10-11,16H,1-8H2,(H,15,17). The number of hydrogen-bond donors (Lipinski definition) is 2. The molecular weight excluding hydrogens is 216 g/mol. The molecule has 0 aromatic carbocycles. The van der Waals surface area contributed by atoms with Crippen LogP contribution < -0.4 is 5.32 Å². The zero-order chi connectivity index (χ0) is 12.3. The number of nitrogens with one attached hydrogen (secondary N) is 1. The van der Waals surface area contributed by atoms with Gasteiger partial charge in [-0.3, -0.25) is 4.79 Å². The SMILES string of the molecule is N#CC1(C(=O)NC2CCCC2CO)CCCC1. The second kappa shape index (κ2) is 5.05. The van der Waals surface area contributed by atoms with Gasteiger partial charge in [-0.25, -0.2) is 0 Å². The number of nitrogens with zero attached hydrogens (tertiary/aromatic N) is 1. The molecule has 4 nitrogen and oxygen atoms in total. The van der Waals surface area contributed by atoms with Gasteiger partial charge in [0.2, 0.25) is 5.91 Å². The maximum Gasteiger partial charge on any atom is 0.240 e. The summed E-state index contributed by atoms with van der Waals surface area (Å²) < 4.78 is 0. The van der Waals surface area contributed by atoms with Crippen molar-refractivity contribution in [2.24, 2.45) is 11.3 Å². The zero-order valence-corrected chi connectivity index (χ0v) is 10.1. The fourth-order valence-corrected chi connectivity index (χ4v) is 3.12. The lowest BCUT2D eigenvalue weighted by molar-refractivity contribution is -0.129. The summed E-state index contributed by atoms with van der Waals surface area (Å²) in [5, 5.41) is 21.4. The molecule has 2 atom stereocenters. The topological polar surface area (TPSA) is 73.1 Å². The van der Waals surface area contributed by atoms with Crippen LogP contribution in [-0.4, -0.2) is 23.7 Å². The molecule has 2 aliphatic carbocycles. The summed E-state index contributed by atoms with van der Waals surface area (Å²) in [6, 6.07) is 2.28. The molecule has 17 heavy (non-hydrogen) atoms. The Morgan fingerprint density at radius 2 is 2.06 bits per heavy atom. The van der Waals surface area contributed by atoms with Crippen LogP contribution in [0.15, 0.2) is 0 Å². The van der Waals surface area contributed by atoms with Crippen molar-refractivity contribution in [1.29, 1.82) is 5.26 Å². The lowest BCUT2D eigenvalue weighted by Crippen LogP contribution is -2.45. The summed E-state index contributed by atoms with van der Waals surface area (Å²) in [5.41, 5.74) is -0.789. The average molecular weight is 236 g/mol. The van der Waals surface area contributed by atoms with Crippen molar-refractivity contribution in [3.05, 3.63) is 0 Å². The van der Waals surface area contributed by atoms with E-state index < -0.39 is 5.41 Å². The maximum atomic E-state index is 12.2. The first-order valence-electron chi connectivity index (χ1n) is 6.55. The van der Waals surface area contributed by atoms with Crippen LogP contribution in [0, 0.1) is 22.7 Å². The molecule has 0 spiro atoms. The number of rotatable bonds is 3. The minimum Gasteiger partial charge on any atom is -0.396 e. The molecule has 0 radical (unpaired) electrons. The fourth-order valence-electron chi connectivity index (χ4n) is 3.12. The lowest BCUT2D eigenvalue weighted by atomic mass is 9.86. The monoisotopic (exact) mass is 236 g/mol. The van der Waals surface area contributed by atoms with Gasteiger partial charge in [-0.05, 0) is 25.7 Å². The van der Waals surface area contributed by atoms with Crippen LogP contribution in [0.3, 0.4) is 0 Å². The highest BCUT2D eigenvalue weighted by atomic mass is 16.3. The minimum absolute atomic E-state index is 0.0679. The number of hydrogen-bond acceptors (Lipinski definition) is 3. The quantitative estimate of drug-likeness (QED) is 0.776. The molecule has 2 N–H and O–H groups in total. The smallest absolute Gasteiger partial charge is 0.240 e. The van der Waals surface area contributed by atoms with Crippen LogP contribution in [0.5, 0.6) is 0 Å². The van der Waals surface area contributed by atoms with Crippen molar-refractivity contribution in [2.45, 2.75) is 51.0 Å². The van der Waals surface area contributed by atoms with Gasteiger partial charge in [0.1, 0.15) is 5.41 Å². The van der Waals surface area contributed by atoms with E-state index in [1.807, 2.05) is 0 Å². The van der Waals surface area contributed by atoms with E-state index >= 15 is 0 Å². The van der Waals surface area contributed by atoms with E-state index in [-0.39, 0.29) is 24.5 Å². The third-order valence-electron chi connectivity index (χ3n) is 4.32. The van der Waals surface area contributed by atoms with E-state index in [2.05, 4.69) is 11.4 Å². The predicted molar refractivity (Wildman–Crippen MR) is 62.9 cm³/mol. The van der Waals surface area contributed by atoms with Gasteiger partial charge in [-0.15, -0.1) is 0 Å². The normalized spacial score (nSPS) is 31.1. The van der Waals surface area contributed by atoms with E-state index in [1.54, 1.807) is 0 Å². The van der Waals surface area contributed by atoms with Gasteiger partial charge in [0.25, 0.3) is 0 Å². The summed E-state index contributed by atoms with van der Waals surface area (Å²) in [4.78, 5) is 12.2. The fraction of sp³-hybridized carbons (Fsp3) is 0.846. The number of aliphatic hydroxyl groups excluding tert-OH is 1. The van der Waals surface area contributed by atoms with Crippen LogP contribution in [0.2, 0.25) is 0 Å². The number of aliphatic hydroxyl groups is 1. The maximum absolute atomic E-state index is 12.2. The van der Waals surface area contributed by atoms with Crippen LogP contribution in [0.4, 0.5) is 0 Å². The van der Waals surface area contributed by atoms with E-state index in [9.17, 15) is 15.2 Å². The van der Waals surface area contributed by atoms with Crippen molar-refractivity contribution in [3.8, 4) is 6.07 Å². The third-order valence-corrected chi connectivity index (χ3v) is 4.32. The Morgan fingerprint density at radius 1 is 1.35 bits per heavy atom. The number of carbonyl (C=O) groups is 1. The Kier molecular flexibility index (Phi) is 3.68. The van der Waals surface area contributed by atoms with Crippen LogP contribution in [-0.2, 0) is 4.79 Å². The molecule has 94 valence electrons. The summed E-state index contributed by atoms with van der Waals surface area (Å²) in [7, 11) is 0. The second-order valence-electron chi connectivity index (χ2n) is 5.35. The van der Waals surface area contributed by atoms with Crippen LogP contribution in [0.1, 0.15) is 44.9 Å². The summed E-state index contributed by atoms with van der Waals surface area (Å²) in [6.45, 7) is 0.129. The second-order valence-corrected chi connectivity index (χ2v) is 5.35.